The van der Waals surface area contributed by atoms with E-state index in [9.17, 15) is 9.59 Å². The molecule has 0 saturated heterocycles. The van der Waals surface area contributed by atoms with Crippen LogP contribution in [0.25, 0.3) is 0 Å². The summed E-state index contributed by atoms with van der Waals surface area (Å²) in [7, 11) is 0. The van der Waals surface area contributed by atoms with Crippen molar-refractivity contribution >= 4 is 12.1 Å². The molecule has 0 heterocycles. The van der Waals surface area contributed by atoms with Crippen molar-refractivity contribution in [3.8, 4) is 0 Å². The molecule has 0 aromatic rings. The van der Waals surface area contributed by atoms with Crippen molar-refractivity contribution in [3.05, 3.63) is 0 Å². The van der Waals surface area contributed by atoms with Crippen LogP contribution >= 0.6 is 0 Å². The third-order valence-electron chi connectivity index (χ3n) is 3.13. The third kappa shape index (κ3) is 3.60. The maximum Gasteiger partial charge on any atom is 0.135 e. The van der Waals surface area contributed by atoms with Gasteiger partial charge in [-0.3, -0.25) is 4.79 Å². The normalized spacial score (nSPS) is 24.6. The Kier molecular flexibility index (Phi) is 4.85. The molecule has 1 saturated carbocycles. The van der Waals surface area contributed by atoms with E-state index in [1.807, 2.05) is 6.92 Å². The zero-order valence-corrected chi connectivity index (χ0v) is 9.00. The number of ketones is 1. The first-order valence-corrected chi connectivity index (χ1v) is 5.72. The lowest BCUT2D eigenvalue weighted by Crippen LogP contribution is -2.18. The zero-order valence-electron chi connectivity index (χ0n) is 9.00. The van der Waals surface area contributed by atoms with Crippen molar-refractivity contribution in [3.63, 3.8) is 0 Å². The molecular weight excluding hydrogens is 176 g/mol. The molecule has 2 atom stereocenters. The van der Waals surface area contributed by atoms with Gasteiger partial charge in [0.05, 0.1) is 0 Å². The first-order valence-electron chi connectivity index (χ1n) is 5.72. The second kappa shape index (κ2) is 5.94. The van der Waals surface area contributed by atoms with E-state index in [1.165, 1.54) is 6.42 Å². The predicted octanol–water partition coefficient (Wildman–Crippen LogP) is 2.75. The standard InChI is InChI=1S/C12H20O2/c1-10(9-13)5-4-7-11-6-2-3-8-12(11)14/h9-11H,2-8H2,1H3. The summed E-state index contributed by atoms with van der Waals surface area (Å²) in [6, 6.07) is 0. The van der Waals surface area contributed by atoms with E-state index in [0.717, 1.165) is 44.8 Å². The largest absolute Gasteiger partial charge is 0.303 e. The molecule has 0 aromatic heterocycles. The molecule has 0 N–H and O–H groups in total. The van der Waals surface area contributed by atoms with Crippen LogP contribution in [0.15, 0.2) is 0 Å². The van der Waals surface area contributed by atoms with E-state index in [-0.39, 0.29) is 5.92 Å². The fourth-order valence-corrected chi connectivity index (χ4v) is 2.11. The highest BCUT2D eigenvalue weighted by molar-refractivity contribution is 5.81. The van der Waals surface area contributed by atoms with Gasteiger partial charge in [0.1, 0.15) is 12.1 Å². The predicted molar refractivity (Wildman–Crippen MR) is 56.0 cm³/mol. The Labute approximate surface area is 86.1 Å². The topological polar surface area (TPSA) is 34.1 Å². The van der Waals surface area contributed by atoms with E-state index in [4.69, 9.17) is 0 Å². The Morgan fingerprint density at radius 1 is 1.50 bits per heavy atom. The van der Waals surface area contributed by atoms with E-state index in [2.05, 4.69) is 0 Å². The van der Waals surface area contributed by atoms with Gasteiger partial charge >= 0.3 is 0 Å². The maximum absolute atomic E-state index is 11.5. The van der Waals surface area contributed by atoms with Gasteiger partial charge in [-0.05, 0) is 25.7 Å². The van der Waals surface area contributed by atoms with Crippen LogP contribution in [-0.4, -0.2) is 12.1 Å². The van der Waals surface area contributed by atoms with Crippen molar-refractivity contribution in [1.29, 1.82) is 0 Å². The summed E-state index contributed by atoms with van der Waals surface area (Å²) in [6.07, 6.45) is 8.12. The number of Topliss-reactive ketones (excluding diaryl/α,β-unsaturated/α-hetero) is 1. The van der Waals surface area contributed by atoms with Gasteiger partial charge in [-0.15, -0.1) is 0 Å². The Hall–Kier alpha value is -0.660. The second-order valence-electron chi connectivity index (χ2n) is 4.45. The Morgan fingerprint density at radius 3 is 2.93 bits per heavy atom. The average Bonchev–Trinajstić information content (AvgIpc) is 2.20. The van der Waals surface area contributed by atoms with Gasteiger partial charge < -0.3 is 4.79 Å². The Balaban J connectivity index is 2.16. The molecule has 1 fully saturated rings. The summed E-state index contributed by atoms with van der Waals surface area (Å²) < 4.78 is 0. The fourth-order valence-electron chi connectivity index (χ4n) is 2.11. The van der Waals surface area contributed by atoms with Crippen LogP contribution in [-0.2, 0) is 9.59 Å². The van der Waals surface area contributed by atoms with Gasteiger partial charge in [-0.2, -0.15) is 0 Å². The molecule has 1 aliphatic carbocycles. The summed E-state index contributed by atoms with van der Waals surface area (Å²) in [5.74, 6) is 0.923. The molecule has 2 unspecified atom stereocenters. The van der Waals surface area contributed by atoms with Crippen LogP contribution in [0.1, 0.15) is 51.9 Å². The van der Waals surface area contributed by atoms with Crippen molar-refractivity contribution in [2.24, 2.45) is 11.8 Å². The quantitative estimate of drug-likeness (QED) is 0.633. The summed E-state index contributed by atoms with van der Waals surface area (Å²) in [5.41, 5.74) is 0. The van der Waals surface area contributed by atoms with E-state index in [0.29, 0.717) is 11.7 Å². The summed E-state index contributed by atoms with van der Waals surface area (Å²) in [5, 5.41) is 0. The van der Waals surface area contributed by atoms with Gasteiger partial charge in [-0.1, -0.05) is 19.8 Å². The van der Waals surface area contributed by atoms with Gasteiger partial charge in [0.25, 0.3) is 0 Å². The number of hydrogen-bond donors (Lipinski definition) is 0. The van der Waals surface area contributed by atoms with Gasteiger partial charge in [0, 0.05) is 18.3 Å². The van der Waals surface area contributed by atoms with Gasteiger partial charge in [0.15, 0.2) is 0 Å². The van der Waals surface area contributed by atoms with Crippen LogP contribution < -0.4 is 0 Å². The van der Waals surface area contributed by atoms with E-state index < -0.39 is 0 Å². The Morgan fingerprint density at radius 2 is 2.29 bits per heavy atom. The molecule has 14 heavy (non-hydrogen) atoms. The maximum atomic E-state index is 11.5. The molecular formula is C12H20O2. The van der Waals surface area contributed by atoms with Crippen molar-refractivity contribution in [1.82, 2.24) is 0 Å². The zero-order chi connectivity index (χ0) is 10.4. The first kappa shape index (κ1) is 11.4. The van der Waals surface area contributed by atoms with Crippen molar-refractivity contribution < 1.29 is 9.59 Å². The molecule has 0 radical (unpaired) electrons. The smallest absolute Gasteiger partial charge is 0.135 e. The number of aldehydes is 1. The molecule has 0 spiro atoms. The number of hydrogen-bond acceptors (Lipinski definition) is 2. The van der Waals surface area contributed by atoms with Crippen molar-refractivity contribution in [2.75, 3.05) is 0 Å². The average molecular weight is 196 g/mol. The van der Waals surface area contributed by atoms with Crippen LogP contribution in [0.3, 0.4) is 0 Å². The highest BCUT2D eigenvalue weighted by Crippen LogP contribution is 2.25. The fraction of sp³-hybridized carbons (Fsp3) is 0.833. The van der Waals surface area contributed by atoms with Crippen molar-refractivity contribution in [2.45, 2.75) is 51.9 Å². The van der Waals surface area contributed by atoms with Crippen LogP contribution in [0.2, 0.25) is 0 Å². The second-order valence-corrected chi connectivity index (χ2v) is 4.45. The van der Waals surface area contributed by atoms with Gasteiger partial charge in [-0.25, -0.2) is 0 Å². The first-order chi connectivity index (χ1) is 6.74. The minimum Gasteiger partial charge on any atom is -0.303 e. The lowest BCUT2D eigenvalue weighted by Gasteiger charge is -2.20. The minimum absolute atomic E-state index is 0.161. The summed E-state index contributed by atoms with van der Waals surface area (Å²) in [4.78, 5) is 21.9. The highest BCUT2D eigenvalue weighted by atomic mass is 16.1. The van der Waals surface area contributed by atoms with Crippen LogP contribution in [0.5, 0.6) is 0 Å². The molecule has 1 rings (SSSR count). The van der Waals surface area contributed by atoms with Gasteiger partial charge in [0.2, 0.25) is 0 Å². The van der Waals surface area contributed by atoms with Crippen LogP contribution in [0, 0.1) is 11.8 Å². The molecule has 0 amide bonds. The number of rotatable bonds is 5. The highest BCUT2D eigenvalue weighted by Gasteiger charge is 2.21. The molecule has 0 aliphatic heterocycles. The summed E-state index contributed by atoms with van der Waals surface area (Å²) in [6.45, 7) is 1.94. The lowest BCUT2D eigenvalue weighted by molar-refractivity contribution is -0.124. The summed E-state index contributed by atoms with van der Waals surface area (Å²) >= 11 is 0. The molecule has 2 heteroatoms. The number of carbonyl (C=O) groups is 2. The lowest BCUT2D eigenvalue weighted by atomic mass is 9.84. The van der Waals surface area contributed by atoms with E-state index in [1.54, 1.807) is 0 Å². The third-order valence-corrected chi connectivity index (χ3v) is 3.13. The molecule has 0 aromatic carbocycles. The minimum atomic E-state index is 0.161. The SMILES string of the molecule is CC(C=O)CCCC1CCCCC1=O. The molecule has 80 valence electrons. The number of carbonyl (C=O) groups excluding carboxylic acids is 2. The molecule has 0 bridgehead atoms. The van der Waals surface area contributed by atoms with E-state index >= 15 is 0 Å². The van der Waals surface area contributed by atoms with Crippen LogP contribution in [0.4, 0.5) is 0 Å². The molecule has 1 aliphatic rings. The monoisotopic (exact) mass is 196 g/mol. The Bertz CT molecular complexity index is 198. The molecule has 2 nitrogen and oxygen atoms in total.